The van der Waals surface area contributed by atoms with Crippen molar-refractivity contribution in [2.45, 2.75) is 11.8 Å². The van der Waals surface area contributed by atoms with E-state index in [9.17, 15) is 0 Å². The molecule has 0 amide bonds. The Morgan fingerprint density at radius 2 is 2.18 bits per heavy atom. The van der Waals surface area contributed by atoms with Crippen molar-refractivity contribution >= 4 is 23.2 Å². The molecule has 4 heteroatoms. The average Bonchev–Trinajstić information content (AvgIpc) is 2.97. The van der Waals surface area contributed by atoms with E-state index < -0.39 is 0 Å². The van der Waals surface area contributed by atoms with Gasteiger partial charge in [-0.3, -0.25) is 0 Å². The SMILES string of the molecule is Clc1cc2c(c(C(Cl)c3ccco3)c1)OCC2. The van der Waals surface area contributed by atoms with Gasteiger partial charge >= 0.3 is 0 Å². The fourth-order valence-electron chi connectivity index (χ4n) is 2.07. The predicted molar refractivity (Wildman–Crippen MR) is 67.1 cm³/mol. The lowest BCUT2D eigenvalue weighted by molar-refractivity contribution is 0.353. The van der Waals surface area contributed by atoms with Crippen molar-refractivity contribution < 1.29 is 9.15 Å². The number of rotatable bonds is 2. The van der Waals surface area contributed by atoms with Gasteiger partial charge in [0.1, 0.15) is 16.9 Å². The minimum atomic E-state index is -0.365. The predicted octanol–water partition coefficient (Wildman–Crippen LogP) is 4.20. The molecule has 1 aliphatic rings. The highest BCUT2D eigenvalue weighted by molar-refractivity contribution is 6.31. The molecule has 0 bridgehead atoms. The third-order valence-corrected chi connectivity index (χ3v) is 3.51. The molecule has 1 aliphatic heterocycles. The first-order valence-electron chi connectivity index (χ1n) is 5.38. The van der Waals surface area contributed by atoms with Crippen LogP contribution in [0.3, 0.4) is 0 Å². The summed E-state index contributed by atoms with van der Waals surface area (Å²) < 4.78 is 10.9. The van der Waals surface area contributed by atoms with Gasteiger partial charge < -0.3 is 9.15 Å². The van der Waals surface area contributed by atoms with E-state index in [4.69, 9.17) is 32.4 Å². The molecular weight excluding hydrogens is 259 g/mol. The molecule has 1 atom stereocenters. The Kier molecular flexibility index (Phi) is 2.77. The first kappa shape index (κ1) is 11.0. The summed E-state index contributed by atoms with van der Waals surface area (Å²) in [5.74, 6) is 1.55. The van der Waals surface area contributed by atoms with Gasteiger partial charge in [-0.05, 0) is 29.8 Å². The minimum absolute atomic E-state index is 0.365. The van der Waals surface area contributed by atoms with Gasteiger partial charge in [0.05, 0.1) is 12.9 Å². The number of alkyl halides is 1. The Morgan fingerprint density at radius 3 is 2.94 bits per heavy atom. The van der Waals surface area contributed by atoms with Crippen LogP contribution in [0.4, 0.5) is 0 Å². The van der Waals surface area contributed by atoms with Crippen LogP contribution in [-0.4, -0.2) is 6.61 Å². The highest BCUT2D eigenvalue weighted by atomic mass is 35.5. The van der Waals surface area contributed by atoms with E-state index in [-0.39, 0.29) is 5.38 Å². The average molecular weight is 269 g/mol. The highest BCUT2D eigenvalue weighted by Crippen LogP contribution is 2.41. The standard InChI is InChI=1S/C13H10Cl2O2/c14-9-6-8-3-5-17-13(8)10(7-9)12(15)11-2-1-4-16-11/h1-2,4,6-7,12H,3,5H2. The van der Waals surface area contributed by atoms with Gasteiger partial charge in [-0.15, -0.1) is 11.6 Å². The normalized spacial score (nSPS) is 15.4. The number of hydrogen-bond donors (Lipinski definition) is 0. The van der Waals surface area contributed by atoms with Crippen LogP contribution >= 0.6 is 23.2 Å². The third-order valence-electron chi connectivity index (χ3n) is 2.84. The number of halogens is 2. The molecule has 2 aromatic rings. The van der Waals surface area contributed by atoms with Crippen LogP contribution < -0.4 is 4.74 Å². The molecule has 1 aromatic heterocycles. The first-order valence-corrected chi connectivity index (χ1v) is 6.20. The van der Waals surface area contributed by atoms with Crippen molar-refractivity contribution in [1.29, 1.82) is 0 Å². The van der Waals surface area contributed by atoms with E-state index in [0.29, 0.717) is 17.4 Å². The maximum atomic E-state index is 6.40. The summed E-state index contributed by atoms with van der Waals surface area (Å²) in [4.78, 5) is 0. The summed E-state index contributed by atoms with van der Waals surface area (Å²) >= 11 is 12.5. The van der Waals surface area contributed by atoms with Gasteiger partial charge in [-0.2, -0.15) is 0 Å². The zero-order valence-electron chi connectivity index (χ0n) is 8.95. The van der Waals surface area contributed by atoms with Crippen molar-refractivity contribution in [2.24, 2.45) is 0 Å². The van der Waals surface area contributed by atoms with Crippen LogP contribution in [0, 0.1) is 0 Å². The summed E-state index contributed by atoms with van der Waals surface area (Å²) in [6, 6.07) is 7.43. The Bertz CT molecular complexity index is 535. The molecule has 1 unspecified atom stereocenters. The zero-order chi connectivity index (χ0) is 11.8. The summed E-state index contributed by atoms with van der Waals surface area (Å²) in [7, 11) is 0. The van der Waals surface area contributed by atoms with Crippen molar-refractivity contribution in [2.75, 3.05) is 6.61 Å². The molecule has 0 fully saturated rings. The van der Waals surface area contributed by atoms with Crippen LogP contribution in [0.25, 0.3) is 0 Å². The maximum Gasteiger partial charge on any atom is 0.127 e. The van der Waals surface area contributed by atoms with Crippen LogP contribution in [0.1, 0.15) is 22.3 Å². The molecular formula is C13H10Cl2O2. The molecule has 0 N–H and O–H groups in total. The lowest BCUT2D eigenvalue weighted by atomic mass is 10.0. The number of fused-ring (bicyclic) bond motifs is 1. The maximum absolute atomic E-state index is 6.40. The van der Waals surface area contributed by atoms with E-state index in [1.165, 1.54) is 0 Å². The molecule has 0 spiro atoms. The van der Waals surface area contributed by atoms with Crippen molar-refractivity contribution in [3.05, 3.63) is 52.4 Å². The lowest BCUT2D eigenvalue weighted by Gasteiger charge is -2.12. The molecule has 1 aromatic carbocycles. The topological polar surface area (TPSA) is 22.4 Å². The van der Waals surface area contributed by atoms with Crippen LogP contribution in [0.15, 0.2) is 34.9 Å². The van der Waals surface area contributed by atoms with Crippen molar-refractivity contribution in [1.82, 2.24) is 0 Å². The van der Waals surface area contributed by atoms with Crippen LogP contribution in [0.5, 0.6) is 5.75 Å². The second-order valence-corrected chi connectivity index (χ2v) is 4.83. The Balaban J connectivity index is 2.09. The number of ether oxygens (including phenoxy) is 1. The summed E-state index contributed by atoms with van der Waals surface area (Å²) in [5, 5.41) is 0.317. The molecule has 2 nitrogen and oxygen atoms in total. The summed E-state index contributed by atoms with van der Waals surface area (Å²) in [5.41, 5.74) is 1.99. The van der Waals surface area contributed by atoms with Crippen molar-refractivity contribution in [3.63, 3.8) is 0 Å². The van der Waals surface area contributed by atoms with Gasteiger partial charge in [-0.1, -0.05) is 11.6 Å². The fourth-order valence-corrected chi connectivity index (χ4v) is 2.61. The first-order chi connectivity index (χ1) is 8.25. The largest absolute Gasteiger partial charge is 0.493 e. The van der Waals surface area contributed by atoms with E-state index in [1.54, 1.807) is 6.26 Å². The highest BCUT2D eigenvalue weighted by Gasteiger charge is 2.24. The van der Waals surface area contributed by atoms with Gasteiger partial charge in [0.25, 0.3) is 0 Å². The van der Waals surface area contributed by atoms with Gasteiger partial charge in [0.2, 0.25) is 0 Å². The number of hydrogen-bond acceptors (Lipinski definition) is 2. The molecule has 0 aliphatic carbocycles. The Hall–Kier alpha value is -1.12. The quantitative estimate of drug-likeness (QED) is 0.762. The fraction of sp³-hybridized carbons (Fsp3) is 0.231. The van der Waals surface area contributed by atoms with Gasteiger partial charge in [0, 0.05) is 17.0 Å². The van der Waals surface area contributed by atoms with Gasteiger partial charge in [-0.25, -0.2) is 0 Å². The smallest absolute Gasteiger partial charge is 0.127 e. The van der Waals surface area contributed by atoms with Gasteiger partial charge in [0.15, 0.2) is 0 Å². The third kappa shape index (κ3) is 1.92. The monoisotopic (exact) mass is 268 g/mol. The van der Waals surface area contributed by atoms with Crippen molar-refractivity contribution in [3.8, 4) is 5.75 Å². The summed E-state index contributed by atoms with van der Waals surface area (Å²) in [6.45, 7) is 0.685. The minimum Gasteiger partial charge on any atom is -0.493 e. The molecule has 0 saturated carbocycles. The molecule has 0 saturated heterocycles. The van der Waals surface area contributed by atoms with Crippen LogP contribution in [0.2, 0.25) is 5.02 Å². The molecule has 0 radical (unpaired) electrons. The molecule has 88 valence electrons. The molecule has 3 rings (SSSR count). The lowest BCUT2D eigenvalue weighted by Crippen LogP contribution is -1.96. The van der Waals surface area contributed by atoms with Crippen LogP contribution in [-0.2, 0) is 6.42 Å². The molecule has 17 heavy (non-hydrogen) atoms. The van der Waals surface area contributed by atoms with E-state index in [0.717, 1.165) is 23.3 Å². The number of benzene rings is 1. The second kappa shape index (κ2) is 4.28. The second-order valence-electron chi connectivity index (χ2n) is 3.96. The Labute approximate surface area is 109 Å². The summed E-state index contributed by atoms with van der Waals surface area (Å²) in [6.07, 6.45) is 2.49. The van der Waals surface area contributed by atoms with E-state index in [1.807, 2.05) is 24.3 Å². The van der Waals surface area contributed by atoms with E-state index in [2.05, 4.69) is 0 Å². The zero-order valence-corrected chi connectivity index (χ0v) is 10.5. The number of furan rings is 1. The molecule has 2 heterocycles. The Morgan fingerprint density at radius 1 is 1.29 bits per heavy atom. The van der Waals surface area contributed by atoms with E-state index >= 15 is 0 Å².